The number of hydrogen-bond acceptors (Lipinski definition) is 4. The van der Waals surface area contributed by atoms with Crippen molar-refractivity contribution in [2.45, 2.75) is 19.4 Å². The molecule has 1 aromatic carbocycles. The fourth-order valence-corrected chi connectivity index (χ4v) is 2.45. The predicted octanol–water partition coefficient (Wildman–Crippen LogP) is 2.42. The zero-order valence-corrected chi connectivity index (χ0v) is 13.0. The van der Waals surface area contributed by atoms with Crippen molar-refractivity contribution < 1.29 is 9.18 Å². The Morgan fingerprint density at radius 3 is 2.85 bits per heavy atom. The van der Waals surface area contributed by atoms with Crippen molar-refractivity contribution in [2.75, 3.05) is 36.7 Å². The summed E-state index contributed by atoms with van der Waals surface area (Å²) in [5.74, 6) is 0.458. The molecule has 1 aromatic rings. The maximum Gasteiger partial charge on any atom is 0.225 e. The number of rotatable bonds is 7. The number of carbonyl (C=O) groups is 1. The van der Waals surface area contributed by atoms with Crippen LogP contribution in [0.15, 0.2) is 18.2 Å². The lowest BCUT2D eigenvalue weighted by Crippen LogP contribution is -2.33. The van der Waals surface area contributed by atoms with Crippen LogP contribution in [0, 0.1) is 5.82 Å². The van der Waals surface area contributed by atoms with Gasteiger partial charge in [0.2, 0.25) is 5.91 Å². The van der Waals surface area contributed by atoms with Crippen LogP contribution in [0.1, 0.15) is 13.3 Å². The molecular weight excluding hydrogens is 277 g/mol. The van der Waals surface area contributed by atoms with Gasteiger partial charge < -0.3 is 16.0 Å². The van der Waals surface area contributed by atoms with E-state index in [1.807, 2.05) is 7.05 Å². The number of carbonyl (C=O) groups excluding carboxylic acids is 1. The first kappa shape index (κ1) is 16.8. The van der Waals surface area contributed by atoms with E-state index in [4.69, 9.17) is 5.73 Å². The summed E-state index contributed by atoms with van der Waals surface area (Å²) in [6.45, 7) is 2.82. The van der Waals surface area contributed by atoms with Crippen molar-refractivity contribution in [1.82, 2.24) is 4.90 Å². The molecule has 4 nitrogen and oxygen atoms in total. The second-order valence-electron chi connectivity index (χ2n) is 4.82. The first-order valence-corrected chi connectivity index (χ1v) is 7.87. The van der Waals surface area contributed by atoms with Crippen LogP contribution in [0.5, 0.6) is 0 Å². The predicted molar refractivity (Wildman–Crippen MR) is 84.5 cm³/mol. The highest BCUT2D eigenvalue weighted by atomic mass is 32.2. The third kappa shape index (κ3) is 5.38. The Morgan fingerprint density at radius 1 is 1.55 bits per heavy atom. The number of nitrogen functional groups attached to an aromatic ring is 1. The molecule has 1 atom stereocenters. The highest BCUT2D eigenvalue weighted by Gasteiger charge is 2.11. The molecule has 3 N–H and O–H groups in total. The van der Waals surface area contributed by atoms with Crippen molar-refractivity contribution in [1.29, 1.82) is 0 Å². The third-order valence-corrected chi connectivity index (χ3v) is 3.95. The minimum atomic E-state index is -0.478. The minimum Gasteiger partial charge on any atom is -0.396 e. The Hall–Kier alpha value is -1.27. The van der Waals surface area contributed by atoms with Crippen molar-refractivity contribution in [3.63, 3.8) is 0 Å². The van der Waals surface area contributed by atoms with Gasteiger partial charge in [-0.3, -0.25) is 4.79 Å². The van der Waals surface area contributed by atoms with Crippen LogP contribution in [0.2, 0.25) is 0 Å². The fraction of sp³-hybridized carbons (Fsp3) is 0.500. The summed E-state index contributed by atoms with van der Waals surface area (Å²) in [6, 6.07) is 4.61. The molecule has 1 rings (SSSR count). The van der Waals surface area contributed by atoms with Crippen LogP contribution >= 0.6 is 11.8 Å². The molecule has 112 valence electrons. The normalized spacial score (nSPS) is 12.4. The average Bonchev–Trinajstić information content (AvgIpc) is 2.40. The molecule has 0 saturated heterocycles. The Morgan fingerprint density at radius 2 is 2.25 bits per heavy atom. The summed E-state index contributed by atoms with van der Waals surface area (Å²) >= 11 is 1.79. The average molecular weight is 299 g/mol. The van der Waals surface area contributed by atoms with Crippen LogP contribution < -0.4 is 11.1 Å². The van der Waals surface area contributed by atoms with Gasteiger partial charge in [0.15, 0.2) is 0 Å². The van der Waals surface area contributed by atoms with E-state index in [1.165, 1.54) is 18.2 Å². The zero-order valence-electron chi connectivity index (χ0n) is 12.1. The van der Waals surface area contributed by atoms with E-state index in [-0.39, 0.29) is 11.6 Å². The molecule has 20 heavy (non-hydrogen) atoms. The van der Waals surface area contributed by atoms with Gasteiger partial charge in [0, 0.05) is 30.4 Å². The number of hydrogen-bond donors (Lipinski definition) is 2. The number of amides is 1. The third-order valence-electron chi connectivity index (χ3n) is 3.13. The van der Waals surface area contributed by atoms with E-state index >= 15 is 0 Å². The van der Waals surface area contributed by atoms with E-state index < -0.39 is 5.82 Å². The van der Waals surface area contributed by atoms with Gasteiger partial charge in [0.1, 0.15) is 5.82 Å². The SMILES string of the molecule is CSCC(C)N(C)CCC(=O)Nc1ccc(F)c(N)c1. The fourth-order valence-electron chi connectivity index (χ4n) is 1.71. The summed E-state index contributed by atoms with van der Waals surface area (Å²) in [7, 11) is 2.00. The molecule has 0 spiro atoms. The van der Waals surface area contributed by atoms with Gasteiger partial charge in [-0.2, -0.15) is 11.8 Å². The maximum absolute atomic E-state index is 13.0. The van der Waals surface area contributed by atoms with Crippen molar-refractivity contribution in [3.8, 4) is 0 Å². The van der Waals surface area contributed by atoms with Crippen molar-refractivity contribution in [3.05, 3.63) is 24.0 Å². The van der Waals surface area contributed by atoms with Crippen molar-refractivity contribution in [2.24, 2.45) is 0 Å². The number of nitrogens with one attached hydrogen (secondary N) is 1. The van der Waals surface area contributed by atoms with Gasteiger partial charge in [0.25, 0.3) is 0 Å². The van der Waals surface area contributed by atoms with Crippen LogP contribution in [-0.4, -0.2) is 42.4 Å². The van der Waals surface area contributed by atoms with E-state index in [9.17, 15) is 9.18 Å². The molecule has 0 saturated carbocycles. The Balaban J connectivity index is 2.41. The molecule has 0 heterocycles. The number of halogens is 1. The molecule has 0 fully saturated rings. The largest absolute Gasteiger partial charge is 0.396 e. The van der Waals surface area contributed by atoms with E-state index in [0.29, 0.717) is 24.7 Å². The summed E-state index contributed by atoms with van der Waals surface area (Å²) in [6.07, 6.45) is 2.46. The second kappa shape index (κ2) is 8.11. The molecular formula is C14H22FN3OS. The number of anilines is 2. The number of nitrogens with two attached hydrogens (primary N) is 1. The molecule has 1 amide bonds. The lowest BCUT2D eigenvalue weighted by molar-refractivity contribution is -0.116. The van der Waals surface area contributed by atoms with Gasteiger partial charge in [-0.05, 0) is 38.4 Å². The van der Waals surface area contributed by atoms with Gasteiger partial charge >= 0.3 is 0 Å². The lowest BCUT2D eigenvalue weighted by atomic mass is 10.2. The topological polar surface area (TPSA) is 58.4 Å². The van der Waals surface area contributed by atoms with E-state index in [1.54, 1.807) is 11.8 Å². The molecule has 0 bridgehead atoms. The van der Waals surface area contributed by atoms with Crippen LogP contribution in [0.4, 0.5) is 15.8 Å². The molecule has 0 aliphatic heterocycles. The van der Waals surface area contributed by atoms with Crippen LogP contribution in [-0.2, 0) is 4.79 Å². The first-order valence-electron chi connectivity index (χ1n) is 6.48. The molecule has 6 heteroatoms. The maximum atomic E-state index is 13.0. The van der Waals surface area contributed by atoms with Gasteiger partial charge in [0.05, 0.1) is 5.69 Å². The Labute approximate surface area is 123 Å². The molecule has 0 aliphatic rings. The van der Waals surface area contributed by atoms with Crippen molar-refractivity contribution >= 4 is 29.0 Å². The van der Waals surface area contributed by atoms with Crippen LogP contribution in [0.3, 0.4) is 0 Å². The van der Waals surface area contributed by atoms with Gasteiger partial charge in [-0.15, -0.1) is 0 Å². The molecule has 1 unspecified atom stereocenters. The highest BCUT2D eigenvalue weighted by molar-refractivity contribution is 7.98. The molecule has 0 aromatic heterocycles. The smallest absolute Gasteiger partial charge is 0.225 e. The first-order chi connectivity index (χ1) is 9.43. The summed E-state index contributed by atoms with van der Waals surface area (Å²) in [4.78, 5) is 14.0. The van der Waals surface area contributed by atoms with Gasteiger partial charge in [-0.25, -0.2) is 4.39 Å². The summed E-state index contributed by atoms with van der Waals surface area (Å²) in [5.41, 5.74) is 6.01. The second-order valence-corrected chi connectivity index (χ2v) is 5.73. The standard InChI is InChI=1S/C14H22FN3OS/c1-10(9-20-3)18(2)7-6-14(19)17-11-4-5-12(15)13(16)8-11/h4-5,8,10H,6-7,9,16H2,1-3H3,(H,17,19). The number of nitrogens with zero attached hydrogens (tertiary/aromatic N) is 1. The number of thioether (sulfide) groups is 1. The van der Waals surface area contributed by atoms with Crippen LogP contribution in [0.25, 0.3) is 0 Å². The summed E-state index contributed by atoms with van der Waals surface area (Å²) in [5, 5.41) is 2.72. The Bertz CT molecular complexity index is 456. The van der Waals surface area contributed by atoms with E-state index in [2.05, 4.69) is 23.4 Å². The van der Waals surface area contributed by atoms with E-state index in [0.717, 1.165) is 5.75 Å². The monoisotopic (exact) mass is 299 g/mol. The zero-order chi connectivity index (χ0) is 15.1. The molecule has 0 radical (unpaired) electrons. The Kier molecular flexibility index (Phi) is 6.81. The van der Waals surface area contributed by atoms with Gasteiger partial charge in [-0.1, -0.05) is 0 Å². The minimum absolute atomic E-state index is 0.0357. The highest BCUT2D eigenvalue weighted by Crippen LogP contribution is 2.16. The quantitative estimate of drug-likeness (QED) is 0.759. The lowest BCUT2D eigenvalue weighted by Gasteiger charge is -2.23. The molecule has 0 aliphatic carbocycles. The number of benzene rings is 1. The summed E-state index contributed by atoms with van der Waals surface area (Å²) < 4.78 is 13.0.